The van der Waals surface area contributed by atoms with Crippen molar-refractivity contribution in [3.63, 3.8) is 0 Å². The van der Waals surface area contributed by atoms with Crippen LogP contribution in [-0.2, 0) is 23.5 Å². The molecule has 0 heterocycles. The summed E-state index contributed by atoms with van der Waals surface area (Å²) in [4.78, 5) is 0. The number of methoxy groups -OCH3 is 2. The number of hydrogen-bond acceptors (Lipinski definition) is 5. The third-order valence-corrected chi connectivity index (χ3v) is 14.5. The van der Waals surface area contributed by atoms with E-state index in [1.807, 2.05) is 42.5 Å². The average Bonchev–Trinajstić information content (AvgIpc) is 3.18. The fourth-order valence-corrected chi connectivity index (χ4v) is 11.5. The lowest BCUT2D eigenvalue weighted by Gasteiger charge is -2.43. The first-order valence-electron chi connectivity index (χ1n) is 17.3. The molecule has 0 spiro atoms. The maximum atomic E-state index is 7.46. The fourth-order valence-electron chi connectivity index (χ4n) is 7.08. The number of hydrogen-bond donors (Lipinski definition) is 1. The van der Waals surface area contributed by atoms with E-state index in [1.54, 1.807) is 14.2 Å². The summed E-state index contributed by atoms with van der Waals surface area (Å²) in [7, 11) is 0.464. The molecule has 6 heteroatoms. The van der Waals surface area contributed by atoms with E-state index < -0.39 is 13.9 Å². The van der Waals surface area contributed by atoms with Gasteiger partial charge in [0, 0.05) is 6.54 Å². The molecule has 0 bridgehead atoms. The van der Waals surface area contributed by atoms with Crippen molar-refractivity contribution in [2.75, 3.05) is 14.2 Å². The Morgan fingerprint density at radius 3 is 1.37 bits per heavy atom. The Morgan fingerprint density at radius 1 is 0.510 bits per heavy atom. The summed E-state index contributed by atoms with van der Waals surface area (Å²) in [6, 6.07) is 54.2. The molecule has 6 aromatic carbocycles. The molecule has 0 fully saturated rings. The maximum Gasteiger partial charge on any atom is 0.319 e. The number of nitrogens with two attached hydrogens (primary N) is 1. The van der Waals surface area contributed by atoms with Crippen LogP contribution in [0.15, 0.2) is 158 Å². The Balaban J connectivity index is 1.48. The maximum absolute atomic E-state index is 7.46. The van der Waals surface area contributed by atoms with Gasteiger partial charge in [-0.15, -0.1) is 0 Å². The fraction of sp³-hybridized carbons (Fsp3) is 0.200. The van der Waals surface area contributed by atoms with Gasteiger partial charge in [0.25, 0.3) is 0 Å². The predicted octanol–water partition coefficient (Wildman–Crippen LogP) is 8.61. The van der Waals surface area contributed by atoms with Crippen molar-refractivity contribution < 1.29 is 18.6 Å². The van der Waals surface area contributed by atoms with Crippen molar-refractivity contribution in [1.29, 1.82) is 0 Å². The molecule has 260 valence electrons. The van der Waals surface area contributed by atoms with Crippen molar-refractivity contribution in [2.24, 2.45) is 5.73 Å². The number of benzene rings is 6. The van der Waals surface area contributed by atoms with E-state index >= 15 is 0 Å². The zero-order valence-corrected chi connectivity index (χ0v) is 31.1. The van der Waals surface area contributed by atoms with Crippen molar-refractivity contribution in [2.45, 2.75) is 44.6 Å². The van der Waals surface area contributed by atoms with Crippen LogP contribution in [-0.4, -0.2) is 22.5 Å². The predicted molar refractivity (Wildman–Crippen MR) is 210 cm³/mol. The zero-order chi connectivity index (χ0) is 35.9. The van der Waals surface area contributed by atoms with E-state index in [2.05, 4.69) is 136 Å². The third kappa shape index (κ3) is 7.22. The number of ether oxygens (including phenoxy) is 3. The molecule has 0 aliphatic rings. The van der Waals surface area contributed by atoms with Crippen LogP contribution in [0.1, 0.15) is 48.6 Å². The monoisotopic (exact) mass is 693 g/mol. The van der Waals surface area contributed by atoms with E-state index in [-0.39, 0.29) is 11.6 Å². The van der Waals surface area contributed by atoms with Crippen molar-refractivity contribution in [3.05, 3.63) is 186 Å². The van der Waals surface area contributed by atoms with Gasteiger partial charge in [-0.1, -0.05) is 142 Å². The summed E-state index contributed by atoms with van der Waals surface area (Å²) in [6.07, 6.45) is 0. The van der Waals surface area contributed by atoms with Crippen molar-refractivity contribution in [1.82, 2.24) is 0 Å². The van der Waals surface area contributed by atoms with Gasteiger partial charge in [-0.25, -0.2) is 0 Å². The SMILES string of the molecule is COc1ccc(C(OCc2cc(CN)cc(O[Si](c3ccccc3)(c3ccccc3)C(C)(C)C)c2)(c2ccccc2)c2ccc(OC)cc2)cc1. The van der Waals surface area contributed by atoms with Crippen LogP contribution in [0, 0.1) is 0 Å². The molecule has 6 rings (SSSR count). The second kappa shape index (κ2) is 15.4. The smallest absolute Gasteiger partial charge is 0.319 e. The van der Waals surface area contributed by atoms with Gasteiger partial charge in [0.15, 0.2) is 0 Å². The lowest BCUT2D eigenvalue weighted by atomic mass is 9.80. The van der Waals surface area contributed by atoms with Gasteiger partial charge >= 0.3 is 8.32 Å². The molecule has 0 unspecified atom stereocenters. The molecule has 2 N–H and O–H groups in total. The van der Waals surface area contributed by atoms with Gasteiger partial charge in [0.1, 0.15) is 22.8 Å². The van der Waals surface area contributed by atoms with Crippen LogP contribution < -0.4 is 30.0 Å². The van der Waals surface area contributed by atoms with Gasteiger partial charge in [-0.05, 0) is 79.6 Å². The Bertz CT molecular complexity index is 1910. The summed E-state index contributed by atoms with van der Waals surface area (Å²) < 4.78 is 25.8. The largest absolute Gasteiger partial charge is 0.534 e. The molecule has 0 aromatic heterocycles. The second-order valence-corrected chi connectivity index (χ2v) is 18.0. The topological polar surface area (TPSA) is 62.9 Å². The Kier molecular flexibility index (Phi) is 10.8. The standard InChI is InChI=1S/C45H47NO4Si/c1-44(2,3)51(42-17-11-7-12-18-42,43-19-13-8-14-20-43)50-41-30-34(32-46)29-35(31-41)33-49-45(36-15-9-6-10-16-36,37-21-25-39(47-4)26-22-37)38-23-27-40(48-5)28-24-38/h6-31H,32-33,46H2,1-5H3. The van der Waals surface area contributed by atoms with E-state index in [4.69, 9.17) is 24.4 Å². The van der Waals surface area contributed by atoms with Crippen LogP contribution in [0.4, 0.5) is 0 Å². The molecule has 0 amide bonds. The highest BCUT2D eigenvalue weighted by Crippen LogP contribution is 2.43. The lowest BCUT2D eigenvalue weighted by Crippen LogP contribution is -2.68. The first-order valence-corrected chi connectivity index (χ1v) is 19.3. The molecule has 5 nitrogen and oxygen atoms in total. The molecule has 51 heavy (non-hydrogen) atoms. The van der Waals surface area contributed by atoms with Crippen LogP contribution in [0.2, 0.25) is 5.04 Å². The van der Waals surface area contributed by atoms with Gasteiger partial charge in [0.05, 0.1) is 20.8 Å². The lowest BCUT2D eigenvalue weighted by molar-refractivity contribution is 0.000120. The summed E-state index contributed by atoms with van der Waals surface area (Å²) >= 11 is 0. The highest BCUT2D eigenvalue weighted by molar-refractivity contribution is 7.00. The highest BCUT2D eigenvalue weighted by atomic mass is 28.4. The zero-order valence-electron chi connectivity index (χ0n) is 30.1. The third-order valence-electron chi connectivity index (χ3n) is 9.58. The molecule has 0 radical (unpaired) electrons. The first-order chi connectivity index (χ1) is 24.7. The molecular weight excluding hydrogens is 647 g/mol. The quantitative estimate of drug-likeness (QED) is 0.0970. The summed E-state index contributed by atoms with van der Waals surface area (Å²) in [5, 5.41) is 2.22. The minimum Gasteiger partial charge on any atom is -0.534 e. The van der Waals surface area contributed by atoms with Crippen molar-refractivity contribution in [3.8, 4) is 17.2 Å². The normalized spacial score (nSPS) is 12.0. The molecule has 0 saturated heterocycles. The molecular formula is C45H47NO4Si. The average molecular weight is 694 g/mol. The second-order valence-electron chi connectivity index (χ2n) is 13.7. The summed E-state index contributed by atoms with van der Waals surface area (Å²) in [6.45, 7) is 7.51. The Labute approximate surface area is 303 Å². The van der Waals surface area contributed by atoms with Crippen LogP contribution in [0.5, 0.6) is 17.2 Å². The van der Waals surface area contributed by atoms with E-state index in [0.29, 0.717) is 6.54 Å². The molecule has 0 atom stereocenters. The molecule has 0 aliphatic carbocycles. The van der Waals surface area contributed by atoms with Gasteiger partial charge < -0.3 is 24.4 Å². The van der Waals surface area contributed by atoms with Gasteiger partial charge in [-0.3, -0.25) is 0 Å². The van der Waals surface area contributed by atoms with Crippen molar-refractivity contribution >= 4 is 18.7 Å². The summed E-state index contributed by atoms with van der Waals surface area (Å²) in [5.74, 6) is 2.33. The first kappa shape index (κ1) is 35.7. The van der Waals surface area contributed by atoms with Gasteiger partial charge in [-0.2, -0.15) is 0 Å². The van der Waals surface area contributed by atoms with Crippen LogP contribution in [0.25, 0.3) is 0 Å². The minimum absolute atomic E-state index is 0.198. The van der Waals surface area contributed by atoms with E-state index in [9.17, 15) is 0 Å². The number of rotatable bonds is 13. The highest BCUT2D eigenvalue weighted by Gasteiger charge is 2.52. The van der Waals surface area contributed by atoms with E-state index in [1.165, 1.54) is 10.4 Å². The summed E-state index contributed by atoms with van der Waals surface area (Å²) in [5.41, 5.74) is 10.3. The molecule has 0 saturated carbocycles. The Morgan fingerprint density at radius 2 is 0.941 bits per heavy atom. The molecule has 6 aromatic rings. The van der Waals surface area contributed by atoms with E-state index in [0.717, 1.165) is 45.1 Å². The van der Waals surface area contributed by atoms with Gasteiger partial charge in [0.2, 0.25) is 0 Å². The molecule has 0 aliphatic heterocycles. The van der Waals surface area contributed by atoms with Crippen LogP contribution >= 0.6 is 0 Å². The minimum atomic E-state index is -2.89. The van der Waals surface area contributed by atoms with Crippen LogP contribution in [0.3, 0.4) is 0 Å². The Hall–Kier alpha value is -5.14.